The lowest BCUT2D eigenvalue weighted by molar-refractivity contribution is -0.137. The van der Waals surface area contributed by atoms with Gasteiger partial charge in [0, 0.05) is 27.9 Å². The van der Waals surface area contributed by atoms with Crippen molar-refractivity contribution in [2.24, 2.45) is 5.73 Å². The summed E-state index contributed by atoms with van der Waals surface area (Å²) >= 11 is 1.41. The van der Waals surface area contributed by atoms with Crippen LogP contribution in [0.15, 0.2) is 66.0 Å². The van der Waals surface area contributed by atoms with Gasteiger partial charge in [-0.2, -0.15) is 0 Å². The van der Waals surface area contributed by atoms with Crippen LogP contribution in [0.4, 0.5) is 0 Å². The van der Waals surface area contributed by atoms with E-state index in [2.05, 4.69) is 10.6 Å². The molecule has 10 heteroatoms. The second kappa shape index (κ2) is 11.5. The zero-order valence-electron chi connectivity index (χ0n) is 19.5. The van der Waals surface area contributed by atoms with E-state index >= 15 is 0 Å². The van der Waals surface area contributed by atoms with Crippen LogP contribution in [-0.2, 0) is 16.1 Å². The first-order valence-electron chi connectivity index (χ1n) is 11.5. The van der Waals surface area contributed by atoms with Gasteiger partial charge in [-0.3, -0.25) is 19.8 Å². The zero-order chi connectivity index (χ0) is 25.5. The summed E-state index contributed by atoms with van der Waals surface area (Å²) in [5.74, 6) is 0.350. The van der Waals surface area contributed by atoms with Crippen molar-refractivity contribution in [2.45, 2.75) is 25.4 Å². The Labute approximate surface area is 212 Å². The second-order valence-electron chi connectivity index (χ2n) is 8.30. The minimum Gasteiger partial charge on any atom is -0.457 e. The normalized spacial score (nSPS) is 14.8. The lowest BCUT2D eigenvalue weighted by Gasteiger charge is -2.24. The fraction of sp³-hybridized carbons (Fsp3) is 0.231. The van der Waals surface area contributed by atoms with Crippen molar-refractivity contribution >= 4 is 34.9 Å². The number of carbonyl (C=O) groups is 3. The maximum absolute atomic E-state index is 12.8. The average molecular weight is 506 g/mol. The molecule has 1 aliphatic heterocycles. The lowest BCUT2D eigenvalue weighted by atomic mass is 10.2. The van der Waals surface area contributed by atoms with Crippen molar-refractivity contribution in [3.8, 4) is 11.5 Å². The number of nitrogens with one attached hydrogen (secondary N) is 3. The minimum atomic E-state index is -0.573. The third kappa shape index (κ3) is 6.28. The summed E-state index contributed by atoms with van der Waals surface area (Å²) in [5.41, 5.74) is 6.50. The number of carbonyl (C=O) groups excluding carboxylic acids is 3. The van der Waals surface area contributed by atoms with Gasteiger partial charge in [-0.05, 0) is 55.3 Å². The van der Waals surface area contributed by atoms with Crippen LogP contribution < -0.4 is 21.1 Å². The van der Waals surface area contributed by atoms with Crippen LogP contribution in [0.1, 0.15) is 33.6 Å². The number of benzene rings is 2. The van der Waals surface area contributed by atoms with Crippen LogP contribution in [0.5, 0.6) is 11.5 Å². The van der Waals surface area contributed by atoms with E-state index in [4.69, 9.17) is 15.9 Å². The molecule has 9 nitrogen and oxygen atoms in total. The molecule has 4 rings (SSSR count). The first-order chi connectivity index (χ1) is 17.4. The molecule has 1 fully saturated rings. The number of hydrogen-bond donors (Lipinski definition) is 4. The van der Waals surface area contributed by atoms with Crippen LogP contribution in [0, 0.1) is 5.41 Å². The first-order valence-corrected chi connectivity index (χ1v) is 12.4. The fourth-order valence-electron chi connectivity index (χ4n) is 3.90. The van der Waals surface area contributed by atoms with Gasteiger partial charge in [-0.15, -0.1) is 11.3 Å². The molecule has 5 N–H and O–H groups in total. The molecule has 0 aliphatic carbocycles. The molecule has 3 aromatic rings. The van der Waals surface area contributed by atoms with Crippen molar-refractivity contribution in [2.75, 3.05) is 13.1 Å². The summed E-state index contributed by atoms with van der Waals surface area (Å²) in [7, 11) is 0. The number of rotatable bonds is 9. The zero-order valence-corrected chi connectivity index (χ0v) is 20.3. The molecule has 0 saturated carbocycles. The number of thiophene rings is 1. The molecule has 2 aromatic carbocycles. The topological polar surface area (TPSA) is 138 Å². The van der Waals surface area contributed by atoms with E-state index in [0.717, 1.165) is 4.88 Å². The summed E-state index contributed by atoms with van der Waals surface area (Å²) in [4.78, 5) is 40.4. The van der Waals surface area contributed by atoms with E-state index in [-0.39, 0.29) is 30.1 Å². The predicted octanol–water partition coefficient (Wildman–Crippen LogP) is 2.86. The Morgan fingerprint density at radius 2 is 1.75 bits per heavy atom. The van der Waals surface area contributed by atoms with Gasteiger partial charge in [-0.1, -0.05) is 18.2 Å². The predicted molar refractivity (Wildman–Crippen MR) is 137 cm³/mol. The molecular weight excluding hydrogens is 478 g/mol. The Morgan fingerprint density at radius 3 is 2.44 bits per heavy atom. The molecule has 0 bridgehead atoms. The summed E-state index contributed by atoms with van der Waals surface area (Å²) in [5, 5.41) is 14.7. The van der Waals surface area contributed by atoms with Crippen molar-refractivity contribution in [3.05, 3.63) is 82.0 Å². The highest BCUT2D eigenvalue weighted by molar-refractivity contribution is 7.10. The number of nitrogens with two attached hydrogens (primary N) is 1. The number of amides is 3. The van der Waals surface area contributed by atoms with E-state index < -0.39 is 6.04 Å². The first kappa shape index (κ1) is 24.9. The Bertz CT molecular complexity index is 1240. The largest absolute Gasteiger partial charge is 0.457 e. The maximum atomic E-state index is 12.8. The number of nitrogen functional groups attached to an aromatic ring is 1. The van der Waals surface area contributed by atoms with E-state index in [1.165, 1.54) is 16.2 Å². The van der Waals surface area contributed by atoms with Crippen molar-refractivity contribution in [1.82, 2.24) is 15.5 Å². The van der Waals surface area contributed by atoms with E-state index in [0.29, 0.717) is 48.6 Å². The van der Waals surface area contributed by atoms with Crippen LogP contribution in [0.2, 0.25) is 0 Å². The molecule has 36 heavy (non-hydrogen) atoms. The van der Waals surface area contributed by atoms with Gasteiger partial charge in [0.1, 0.15) is 23.4 Å². The van der Waals surface area contributed by atoms with Gasteiger partial charge in [0.15, 0.2) is 0 Å². The molecule has 3 amide bonds. The van der Waals surface area contributed by atoms with Crippen molar-refractivity contribution in [1.29, 1.82) is 5.41 Å². The highest BCUT2D eigenvalue weighted by atomic mass is 32.1. The monoisotopic (exact) mass is 505 g/mol. The van der Waals surface area contributed by atoms with Gasteiger partial charge >= 0.3 is 0 Å². The molecule has 1 saturated heterocycles. The smallest absolute Gasteiger partial charge is 0.251 e. The van der Waals surface area contributed by atoms with Gasteiger partial charge in [0.25, 0.3) is 5.91 Å². The molecule has 0 radical (unpaired) electrons. The van der Waals surface area contributed by atoms with Crippen LogP contribution in [-0.4, -0.2) is 47.6 Å². The third-order valence-corrected chi connectivity index (χ3v) is 6.71. The molecule has 0 spiro atoms. The average Bonchev–Trinajstić information content (AvgIpc) is 3.57. The molecule has 1 atom stereocenters. The molecule has 1 aliphatic rings. The highest BCUT2D eigenvalue weighted by Crippen LogP contribution is 2.21. The summed E-state index contributed by atoms with van der Waals surface area (Å²) in [6.45, 7) is 0.569. The van der Waals surface area contributed by atoms with Gasteiger partial charge < -0.3 is 26.0 Å². The SMILES string of the molecule is N=C(N)c1csc(CNC(=O)[C@H]2CCCN2C(=O)CNC(=O)c2ccc(Oc3ccccc3)cc2)c1. The van der Waals surface area contributed by atoms with Gasteiger partial charge in [0.2, 0.25) is 11.8 Å². The maximum Gasteiger partial charge on any atom is 0.251 e. The second-order valence-corrected chi connectivity index (χ2v) is 9.30. The summed E-state index contributed by atoms with van der Waals surface area (Å²) in [6, 6.07) is 17.2. The fourth-order valence-corrected chi connectivity index (χ4v) is 4.73. The quantitative estimate of drug-likeness (QED) is 0.262. The number of para-hydroxylation sites is 1. The summed E-state index contributed by atoms with van der Waals surface area (Å²) < 4.78 is 5.73. The number of ether oxygens (including phenoxy) is 1. The Morgan fingerprint density at radius 1 is 1.03 bits per heavy atom. The van der Waals surface area contributed by atoms with Crippen LogP contribution in [0.3, 0.4) is 0 Å². The number of likely N-dealkylation sites (tertiary alicyclic amines) is 1. The third-order valence-electron chi connectivity index (χ3n) is 5.77. The van der Waals surface area contributed by atoms with E-state index in [1.807, 2.05) is 30.3 Å². The Hall–Kier alpha value is -4.18. The number of amidine groups is 1. The summed E-state index contributed by atoms with van der Waals surface area (Å²) in [6.07, 6.45) is 1.28. The van der Waals surface area contributed by atoms with Gasteiger partial charge in [-0.25, -0.2) is 0 Å². The van der Waals surface area contributed by atoms with Crippen molar-refractivity contribution < 1.29 is 19.1 Å². The molecule has 186 valence electrons. The number of hydrogen-bond acceptors (Lipinski definition) is 6. The van der Waals surface area contributed by atoms with Gasteiger partial charge in [0.05, 0.1) is 13.1 Å². The lowest BCUT2D eigenvalue weighted by Crippen LogP contribution is -2.48. The molecule has 2 heterocycles. The Balaban J connectivity index is 1.26. The standard InChI is InChI=1S/C26H27N5O4S/c27-24(28)18-13-21(36-16-18)14-29-26(34)22-7-4-12-31(22)23(32)15-30-25(33)17-8-10-20(11-9-17)35-19-5-2-1-3-6-19/h1-3,5-6,8-11,13,16,22H,4,7,12,14-15H2,(H3,27,28)(H,29,34)(H,30,33)/t22-/m1/s1. The van der Waals surface area contributed by atoms with Crippen molar-refractivity contribution in [3.63, 3.8) is 0 Å². The van der Waals surface area contributed by atoms with E-state index in [1.54, 1.807) is 35.7 Å². The van der Waals surface area contributed by atoms with E-state index in [9.17, 15) is 14.4 Å². The minimum absolute atomic E-state index is 0.0186. The number of nitrogens with zero attached hydrogens (tertiary/aromatic N) is 1. The van der Waals surface area contributed by atoms with Crippen LogP contribution >= 0.6 is 11.3 Å². The molecule has 1 aromatic heterocycles. The Kier molecular flexibility index (Phi) is 7.96. The molecular formula is C26H27N5O4S. The highest BCUT2D eigenvalue weighted by Gasteiger charge is 2.33. The molecule has 0 unspecified atom stereocenters. The van der Waals surface area contributed by atoms with Crippen LogP contribution in [0.25, 0.3) is 0 Å².